The van der Waals surface area contributed by atoms with Gasteiger partial charge in [0, 0.05) is 31.9 Å². The molecule has 1 spiro atoms. The first kappa shape index (κ1) is 17.0. The quantitative estimate of drug-likeness (QED) is 0.704. The number of imidazole rings is 1. The lowest BCUT2D eigenvalue weighted by molar-refractivity contribution is -0.136. The van der Waals surface area contributed by atoms with Crippen molar-refractivity contribution in [1.29, 1.82) is 0 Å². The van der Waals surface area contributed by atoms with Gasteiger partial charge in [-0.3, -0.25) is 19.8 Å². The fraction of sp³-hybridized carbons (Fsp3) is 0.647. The first-order chi connectivity index (χ1) is 12.5. The summed E-state index contributed by atoms with van der Waals surface area (Å²) >= 11 is 0. The minimum atomic E-state index is -0.925. The summed E-state index contributed by atoms with van der Waals surface area (Å²) in [4.78, 5) is 44.7. The van der Waals surface area contributed by atoms with Crippen LogP contribution in [0.25, 0.3) is 0 Å². The summed E-state index contributed by atoms with van der Waals surface area (Å²) in [5.41, 5.74) is -0.925. The summed E-state index contributed by atoms with van der Waals surface area (Å²) in [5, 5.41) is 4.97. The lowest BCUT2D eigenvalue weighted by atomic mass is 9.95. The van der Waals surface area contributed by atoms with E-state index in [4.69, 9.17) is 0 Å². The summed E-state index contributed by atoms with van der Waals surface area (Å²) in [6.45, 7) is 3.30. The van der Waals surface area contributed by atoms with Crippen LogP contribution in [0.1, 0.15) is 25.1 Å². The van der Waals surface area contributed by atoms with Crippen molar-refractivity contribution in [2.75, 3.05) is 26.2 Å². The molecule has 0 saturated carbocycles. The molecule has 1 aromatic rings. The lowest BCUT2D eigenvalue weighted by Gasteiger charge is -2.33. The van der Waals surface area contributed by atoms with Gasteiger partial charge in [0.25, 0.3) is 5.91 Å². The number of carbonyl (C=O) groups excluding carboxylic acids is 3. The van der Waals surface area contributed by atoms with E-state index in [2.05, 4.69) is 20.5 Å². The number of amides is 4. The number of aromatic nitrogens is 2. The van der Waals surface area contributed by atoms with Crippen LogP contribution in [0, 0.1) is 5.92 Å². The van der Waals surface area contributed by atoms with E-state index in [0.29, 0.717) is 13.0 Å². The van der Waals surface area contributed by atoms with Crippen LogP contribution in [0.15, 0.2) is 12.4 Å². The minimum absolute atomic E-state index is 0.0112. The molecule has 3 aliphatic heterocycles. The summed E-state index contributed by atoms with van der Waals surface area (Å²) in [5.74, 6) is 0.803. The van der Waals surface area contributed by atoms with E-state index in [1.165, 1.54) is 0 Å². The van der Waals surface area contributed by atoms with Gasteiger partial charge in [0.15, 0.2) is 0 Å². The molecule has 4 amide bonds. The van der Waals surface area contributed by atoms with Gasteiger partial charge in [0.1, 0.15) is 11.4 Å². The van der Waals surface area contributed by atoms with Crippen LogP contribution in [0.2, 0.25) is 0 Å². The van der Waals surface area contributed by atoms with Crippen molar-refractivity contribution in [2.45, 2.75) is 31.3 Å². The molecule has 3 fully saturated rings. The molecule has 3 saturated heterocycles. The maximum Gasteiger partial charge on any atom is 0.322 e. The molecule has 4 rings (SSSR count). The van der Waals surface area contributed by atoms with E-state index in [-0.39, 0.29) is 24.3 Å². The van der Waals surface area contributed by atoms with Crippen molar-refractivity contribution in [3.05, 3.63) is 18.2 Å². The fourth-order valence-electron chi connectivity index (χ4n) is 4.16. The number of imide groups is 1. The molecule has 140 valence electrons. The molecule has 0 aromatic carbocycles. The van der Waals surface area contributed by atoms with Crippen molar-refractivity contribution in [2.24, 2.45) is 13.0 Å². The molecule has 9 nitrogen and oxygen atoms in total. The van der Waals surface area contributed by atoms with Gasteiger partial charge in [-0.2, -0.15) is 0 Å². The summed E-state index contributed by atoms with van der Waals surface area (Å²) in [7, 11) is 1.99. The molecular weight excluding hydrogens is 336 g/mol. The van der Waals surface area contributed by atoms with Gasteiger partial charge in [-0.05, 0) is 32.4 Å². The third kappa shape index (κ3) is 2.96. The van der Waals surface area contributed by atoms with Gasteiger partial charge in [0.05, 0.1) is 13.1 Å². The number of urea groups is 1. The highest BCUT2D eigenvalue weighted by molar-refractivity contribution is 6.07. The smallest absolute Gasteiger partial charge is 0.322 e. The Kier molecular flexibility index (Phi) is 4.18. The Morgan fingerprint density at radius 3 is 2.69 bits per heavy atom. The summed E-state index contributed by atoms with van der Waals surface area (Å²) < 4.78 is 2.02. The number of piperidine rings is 1. The molecule has 3 aliphatic rings. The predicted molar refractivity (Wildman–Crippen MR) is 91.8 cm³/mol. The van der Waals surface area contributed by atoms with Gasteiger partial charge in [0.2, 0.25) is 5.91 Å². The predicted octanol–water partition coefficient (Wildman–Crippen LogP) is -0.557. The van der Waals surface area contributed by atoms with Crippen LogP contribution in [-0.2, 0) is 23.2 Å². The number of hydrogen-bond donors (Lipinski definition) is 2. The van der Waals surface area contributed by atoms with Crippen LogP contribution in [0.3, 0.4) is 0 Å². The highest BCUT2D eigenvalue weighted by Gasteiger charge is 2.52. The van der Waals surface area contributed by atoms with E-state index >= 15 is 0 Å². The fourth-order valence-corrected chi connectivity index (χ4v) is 4.16. The molecule has 4 heterocycles. The summed E-state index contributed by atoms with van der Waals surface area (Å²) in [6, 6.07) is -0.466. The number of nitrogens with zero attached hydrogens (tertiary/aromatic N) is 4. The van der Waals surface area contributed by atoms with Crippen LogP contribution in [0.5, 0.6) is 0 Å². The number of nitrogens with one attached hydrogen (secondary N) is 2. The van der Waals surface area contributed by atoms with Gasteiger partial charge < -0.3 is 14.8 Å². The zero-order valence-electron chi connectivity index (χ0n) is 14.9. The Balaban J connectivity index is 1.31. The highest BCUT2D eigenvalue weighted by atomic mass is 16.2. The average molecular weight is 360 g/mol. The monoisotopic (exact) mass is 360 g/mol. The van der Waals surface area contributed by atoms with E-state index in [9.17, 15) is 14.4 Å². The molecule has 2 N–H and O–H groups in total. The first-order valence-corrected chi connectivity index (χ1v) is 9.08. The summed E-state index contributed by atoms with van der Waals surface area (Å²) in [6.07, 6.45) is 5.84. The van der Waals surface area contributed by atoms with Gasteiger partial charge >= 0.3 is 6.03 Å². The van der Waals surface area contributed by atoms with E-state index in [1.54, 1.807) is 11.1 Å². The number of carbonyl (C=O) groups is 3. The van der Waals surface area contributed by atoms with Crippen LogP contribution in [-0.4, -0.2) is 68.9 Å². The van der Waals surface area contributed by atoms with Crippen LogP contribution < -0.4 is 10.6 Å². The van der Waals surface area contributed by atoms with E-state index in [1.807, 2.05) is 17.8 Å². The number of rotatable bonds is 3. The topological polar surface area (TPSA) is 99.6 Å². The number of aryl methyl sites for hydroxylation is 1. The van der Waals surface area contributed by atoms with Crippen molar-refractivity contribution >= 4 is 17.8 Å². The normalized spacial score (nSPS) is 27.2. The van der Waals surface area contributed by atoms with Crippen molar-refractivity contribution in [3.8, 4) is 0 Å². The van der Waals surface area contributed by atoms with Gasteiger partial charge in [-0.1, -0.05) is 0 Å². The third-order valence-corrected chi connectivity index (χ3v) is 5.82. The van der Waals surface area contributed by atoms with Crippen molar-refractivity contribution < 1.29 is 14.4 Å². The largest absolute Gasteiger partial charge is 0.339 e. The molecule has 1 aromatic heterocycles. The minimum Gasteiger partial charge on any atom is -0.339 e. The molecule has 0 bridgehead atoms. The zero-order valence-corrected chi connectivity index (χ0v) is 14.9. The van der Waals surface area contributed by atoms with Crippen molar-refractivity contribution in [1.82, 2.24) is 30.0 Å². The molecule has 0 radical (unpaired) electrons. The lowest BCUT2D eigenvalue weighted by Crippen LogP contribution is -2.50. The Morgan fingerprint density at radius 1 is 1.31 bits per heavy atom. The first-order valence-electron chi connectivity index (χ1n) is 9.08. The Morgan fingerprint density at radius 2 is 2.08 bits per heavy atom. The van der Waals surface area contributed by atoms with Crippen molar-refractivity contribution in [3.63, 3.8) is 0 Å². The second-order valence-electron chi connectivity index (χ2n) is 7.50. The Bertz CT molecular complexity index is 739. The highest BCUT2D eigenvalue weighted by Crippen LogP contribution is 2.28. The number of hydrogen-bond acceptors (Lipinski definition) is 5. The van der Waals surface area contributed by atoms with Crippen LogP contribution in [0.4, 0.5) is 4.79 Å². The molecule has 26 heavy (non-hydrogen) atoms. The SMILES string of the molecule is Cn1ccnc1CN1CCC(C(=O)N2CCC3(C2)NC(=O)NC3=O)CC1. The van der Waals surface area contributed by atoms with E-state index in [0.717, 1.165) is 38.3 Å². The molecule has 1 unspecified atom stereocenters. The second kappa shape index (κ2) is 6.39. The Hall–Kier alpha value is -2.42. The van der Waals surface area contributed by atoms with Gasteiger partial charge in [-0.15, -0.1) is 0 Å². The average Bonchev–Trinajstić information content (AvgIpc) is 3.29. The molecule has 1 atom stereocenters. The standard InChI is InChI=1S/C17H24N6O3/c1-21-9-5-18-13(21)10-22-6-2-12(3-7-22)14(24)23-8-4-17(11-23)15(25)19-16(26)20-17/h5,9,12H,2-4,6-8,10-11H2,1H3,(H2,19,20,25,26). The van der Waals surface area contributed by atoms with Gasteiger partial charge in [-0.25, -0.2) is 9.78 Å². The Labute approximate surface area is 151 Å². The molecular formula is C17H24N6O3. The molecule has 0 aliphatic carbocycles. The number of likely N-dealkylation sites (tertiary alicyclic amines) is 2. The maximum atomic E-state index is 12.9. The third-order valence-electron chi connectivity index (χ3n) is 5.82. The zero-order chi connectivity index (χ0) is 18.3. The van der Waals surface area contributed by atoms with E-state index < -0.39 is 11.6 Å². The van der Waals surface area contributed by atoms with Crippen LogP contribution >= 0.6 is 0 Å². The molecule has 9 heteroatoms. The second-order valence-corrected chi connectivity index (χ2v) is 7.50. The maximum absolute atomic E-state index is 12.9.